The lowest BCUT2D eigenvalue weighted by molar-refractivity contribution is -0.115. The summed E-state index contributed by atoms with van der Waals surface area (Å²) in [5.41, 5.74) is 6.66. The minimum Gasteiger partial charge on any atom is -0.398 e. The van der Waals surface area contributed by atoms with Crippen molar-refractivity contribution in [3.05, 3.63) is 41.7 Å². The monoisotopic (exact) mass is 263 g/mol. The zero-order chi connectivity index (χ0) is 13.8. The summed E-state index contributed by atoms with van der Waals surface area (Å²) in [6.45, 7) is 0.143. The van der Waals surface area contributed by atoms with Crippen LogP contribution in [0.2, 0.25) is 0 Å². The highest BCUT2D eigenvalue weighted by Crippen LogP contribution is 2.11. The molecule has 5 nitrogen and oxygen atoms in total. The molecular formula is C13H14FN3O2. The summed E-state index contributed by atoms with van der Waals surface area (Å²) in [4.78, 5) is 15.7. The van der Waals surface area contributed by atoms with Gasteiger partial charge in [-0.1, -0.05) is 12.1 Å². The van der Waals surface area contributed by atoms with E-state index in [1.165, 1.54) is 24.3 Å². The van der Waals surface area contributed by atoms with Gasteiger partial charge in [0.05, 0.1) is 12.6 Å². The number of hydrogen-bond donors (Lipinski definition) is 3. The summed E-state index contributed by atoms with van der Waals surface area (Å²) in [6.07, 6.45) is 1.38. The summed E-state index contributed by atoms with van der Waals surface area (Å²) in [7, 11) is 0. The first-order valence-corrected chi connectivity index (χ1v) is 5.80. The number of carbonyl (C=O) groups is 1. The van der Waals surface area contributed by atoms with Gasteiger partial charge in [0.15, 0.2) is 0 Å². The van der Waals surface area contributed by atoms with Gasteiger partial charge in [-0.2, -0.15) is 0 Å². The zero-order valence-corrected chi connectivity index (χ0v) is 10.1. The van der Waals surface area contributed by atoms with E-state index in [1.54, 1.807) is 6.07 Å². The molecule has 4 N–H and O–H groups in total. The third-order valence-corrected chi connectivity index (χ3v) is 2.71. The van der Waals surface area contributed by atoms with Crippen molar-refractivity contribution < 1.29 is 14.3 Å². The van der Waals surface area contributed by atoms with E-state index in [1.807, 2.05) is 0 Å². The first-order chi connectivity index (χ1) is 9.10. The predicted molar refractivity (Wildman–Crippen MR) is 69.9 cm³/mol. The van der Waals surface area contributed by atoms with Crippen molar-refractivity contribution in [1.29, 1.82) is 0 Å². The highest BCUT2D eigenvalue weighted by molar-refractivity contribution is 6.44. The van der Waals surface area contributed by atoms with Gasteiger partial charge in [0.25, 0.3) is 5.91 Å². The van der Waals surface area contributed by atoms with Crippen LogP contribution in [0.5, 0.6) is 0 Å². The largest absolute Gasteiger partial charge is 0.398 e. The third kappa shape index (κ3) is 3.17. The molecule has 0 fully saturated rings. The first kappa shape index (κ1) is 13.2. The number of aliphatic hydroxyl groups is 1. The molecule has 1 atom stereocenters. The molecule has 0 spiro atoms. The van der Waals surface area contributed by atoms with Crippen LogP contribution in [0, 0.1) is 5.82 Å². The second-order valence-corrected chi connectivity index (χ2v) is 4.17. The fourth-order valence-corrected chi connectivity index (χ4v) is 1.71. The number of benzene rings is 1. The number of nitrogens with one attached hydrogen (secondary N) is 1. The molecule has 0 saturated carbocycles. The summed E-state index contributed by atoms with van der Waals surface area (Å²) in [5, 5.41) is 11.6. The molecule has 1 aliphatic heterocycles. The van der Waals surface area contributed by atoms with E-state index < -0.39 is 5.82 Å². The van der Waals surface area contributed by atoms with E-state index in [9.17, 15) is 9.18 Å². The van der Waals surface area contributed by atoms with Gasteiger partial charge in [-0.25, -0.2) is 4.39 Å². The maximum Gasteiger partial charge on any atom is 0.269 e. The number of hydrogen-bond acceptors (Lipinski definition) is 4. The van der Waals surface area contributed by atoms with Crippen molar-refractivity contribution in [3.8, 4) is 0 Å². The number of nitrogens with two attached hydrogens (primary N) is 1. The van der Waals surface area contributed by atoms with Gasteiger partial charge in [-0.05, 0) is 18.2 Å². The smallest absolute Gasteiger partial charge is 0.269 e. The average molecular weight is 263 g/mol. The summed E-state index contributed by atoms with van der Waals surface area (Å²) >= 11 is 0. The van der Waals surface area contributed by atoms with Crippen LogP contribution in [0.1, 0.15) is 5.56 Å². The molecule has 1 aromatic rings. The van der Waals surface area contributed by atoms with Crippen LogP contribution in [0.25, 0.3) is 5.70 Å². The van der Waals surface area contributed by atoms with Crippen LogP contribution in [-0.2, 0) is 4.79 Å². The van der Waals surface area contributed by atoms with Gasteiger partial charge < -0.3 is 16.2 Å². The Morgan fingerprint density at radius 3 is 3.11 bits per heavy atom. The molecule has 0 saturated heterocycles. The fraction of sp³-hybridized carbons (Fsp3) is 0.231. The molecule has 0 bridgehead atoms. The van der Waals surface area contributed by atoms with Crippen LogP contribution >= 0.6 is 0 Å². The lowest BCUT2D eigenvalue weighted by Gasteiger charge is -2.18. The molecule has 0 radical (unpaired) electrons. The molecule has 2 rings (SSSR count). The number of rotatable bonds is 3. The van der Waals surface area contributed by atoms with Crippen LogP contribution < -0.4 is 11.1 Å². The molecule has 1 heterocycles. The fourth-order valence-electron chi connectivity index (χ4n) is 1.71. The van der Waals surface area contributed by atoms with Gasteiger partial charge in [0.2, 0.25) is 0 Å². The number of amides is 1. The molecule has 0 aromatic heterocycles. The Balaban J connectivity index is 2.29. The average Bonchev–Trinajstić information content (AvgIpc) is 2.41. The predicted octanol–water partition coefficient (Wildman–Crippen LogP) is 0.0570. The minimum atomic E-state index is -0.405. The summed E-state index contributed by atoms with van der Waals surface area (Å²) in [6, 6.07) is 5.38. The first-order valence-electron chi connectivity index (χ1n) is 5.80. The zero-order valence-electron chi connectivity index (χ0n) is 10.1. The van der Waals surface area contributed by atoms with Crippen LogP contribution in [0.4, 0.5) is 4.39 Å². The normalized spacial score (nSPS) is 19.9. The molecule has 1 aliphatic rings. The maximum atomic E-state index is 13.1. The third-order valence-electron chi connectivity index (χ3n) is 2.71. The molecule has 0 aliphatic carbocycles. The van der Waals surface area contributed by atoms with Crippen LogP contribution in [0.3, 0.4) is 0 Å². The van der Waals surface area contributed by atoms with Crippen molar-refractivity contribution >= 4 is 17.3 Å². The quantitative estimate of drug-likeness (QED) is 0.720. The molecule has 1 unspecified atom stereocenters. The van der Waals surface area contributed by atoms with Crippen molar-refractivity contribution in [2.45, 2.75) is 6.04 Å². The van der Waals surface area contributed by atoms with E-state index >= 15 is 0 Å². The Bertz CT molecular complexity index is 555. The summed E-state index contributed by atoms with van der Waals surface area (Å²) < 4.78 is 13.1. The van der Waals surface area contributed by atoms with E-state index in [4.69, 9.17) is 10.8 Å². The SMILES string of the molecule is NC(=CC1=NC(CO)CNC1=O)c1cccc(F)c1. The van der Waals surface area contributed by atoms with Crippen molar-refractivity contribution in [2.75, 3.05) is 13.2 Å². The Labute approximate surface area is 109 Å². The van der Waals surface area contributed by atoms with Crippen LogP contribution in [-0.4, -0.2) is 35.9 Å². The highest BCUT2D eigenvalue weighted by Gasteiger charge is 2.19. The topological polar surface area (TPSA) is 87.7 Å². The molecule has 1 amide bonds. The minimum absolute atomic E-state index is 0.132. The molecule has 19 heavy (non-hydrogen) atoms. The van der Waals surface area contributed by atoms with E-state index in [0.717, 1.165) is 0 Å². The number of carbonyl (C=O) groups excluding carboxylic acids is 1. The Kier molecular flexibility index (Phi) is 3.91. The number of aliphatic hydroxyl groups excluding tert-OH is 1. The standard InChI is InChI=1S/C13H14FN3O2/c14-9-3-1-2-8(4-9)11(15)5-12-13(19)16-6-10(7-18)17-12/h1-5,10,18H,6-7,15H2,(H,16,19). The van der Waals surface area contributed by atoms with Gasteiger partial charge in [0, 0.05) is 17.8 Å². The lowest BCUT2D eigenvalue weighted by atomic mass is 10.1. The van der Waals surface area contributed by atoms with Gasteiger partial charge in [0.1, 0.15) is 11.5 Å². The molecule has 6 heteroatoms. The maximum absolute atomic E-state index is 13.1. The second kappa shape index (κ2) is 5.62. The molecule has 1 aromatic carbocycles. The van der Waals surface area contributed by atoms with Crippen molar-refractivity contribution in [3.63, 3.8) is 0 Å². The van der Waals surface area contributed by atoms with Gasteiger partial charge in [-0.15, -0.1) is 0 Å². The van der Waals surface area contributed by atoms with Crippen molar-refractivity contribution in [1.82, 2.24) is 5.32 Å². The van der Waals surface area contributed by atoms with Gasteiger partial charge in [-0.3, -0.25) is 9.79 Å². The Hall–Kier alpha value is -2.21. The summed E-state index contributed by atoms with van der Waals surface area (Å²) in [5.74, 6) is -0.763. The Morgan fingerprint density at radius 2 is 2.42 bits per heavy atom. The Morgan fingerprint density at radius 1 is 1.63 bits per heavy atom. The highest BCUT2D eigenvalue weighted by atomic mass is 19.1. The van der Waals surface area contributed by atoms with Crippen LogP contribution in [0.15, 0.2) is 35.3 Å². The lowest BCUT2D eigenvalue weighted by Crippen LogP contribution is -2.42. The molecular weight excluding hydrogens is 249 g/mol. The van der Waals surface area contributed by atoms with Gasteiger partial charge >= 0.3 is 0 Å². The second-order valence-electron chi connectivity index (χ2n) is 4.17. The van der Waals surface area contributed by atoms with E-state index in [0.29, 0.717) is 12.1 Å². The molecule has 100 valence electrons. The van der Waals surface area contributed by atoms with E-state index in [2.05, 4.69) is 10.3 Å². The van der Waals surface area contributed by atoms with E-state index in [-0.39, 0.29) is 30.0 Å². The number of halogens is 1. The number of aliphatic imine (C=N–C) groups is 1. The number of nitrogens with zero attached hydrogens (tertiary/aromatic N) is 1. The van der Waals surface area contributed by atoms with Crippen molar-refractivity contribution in [2.24, 2.45) is 10.7 Å².